The van der Waals surface area contributed by atoms with Gasteiger partial charge in [-0.15, -0.1) is 0 Å². The minimum absolute atomic E-state index is 0.563. The fourth-order valence-corrected chi connectivity index (χ4v) is 2.88. The van der Waals surface area contributed by atoms with Crippen molar-refractivity contribution >= 4 is 5.57 Å². The summed E-state index contributed by atoms with van der Waals surface area (Å²) in [4.78, 5) is 0. The monoisotopic (exact) mass is 159 g/mol. The molecule has 1 spiro atoms. The summed E-state index contributed by atoms with van der Waals surface area (Å²) in [5.74, 6) is 1.81. The Morgan fingerprint density at radius 2 is 2.42 bits per heavy atom. The van der Waals surface area contributed by atoms with Gasteiger partial charge in [0.05, 0.1) is 6.20 Å². The first-order chi connectivity index (χ1) is 5.89. The molecule has 0 N–H and O–H groups in total. The van der Waals surface area contributed by atoms with Crippen molar-refractivity contribution in [1.82, 2.24) is 5.16 Å². The lowest BCUT2D eigenvalue weighted by Gasteiger charge is -2.14. The van der Waals surface area contributed by atoms with Crippen molar-refractivity contribution in [2.24, 2.45) is 5.41 Å². The minimum Gasteiger partial charge on any atom is -0.356 e. The van der Waals surface area contributed by atoms with E-state index in [9.17, 15) is 0 Å². The van der Waals surface area contributed by atoms with Gasteiger partial charge in [0.15, 0.2) is 5.76 Å². The van der Waals surface area contributed by atoms with Crippen molar-refractivity contribution in [3.05, 3.63) is 23.6 Å². The molecular weight excluding hydrogens is 150 g/mol. The zero-order chi connectivity index (χ0) is 7.76. The third-order valence-electron chi connectivity index (χ3n) is 3.67. The quantitative estimate of drug-likeness (QED) is 0.580. The summed E-state index contributed by atoms with van der Waals surface area (Å²) in [5.41, 5.74) is 3.36. The third-order valence-corrected chi connectivity index (χ3v) is 3.67. The number of nitrogens with zero attached hydrogens (tertiary/aromatic N) is 1. The van der Waals surface area contributed by atoms with Crippen LogP contribution in [0.3, 0.4) is 0 Å². The van der Waals surface area contributed by atoms with E-state index in [0.29, 0.717) is 5.41 Å². The second kappa shape index (κ2) is 1.39. The standard InChI is InChI=1S/C10H9NO/c1-2-10(1)4-6-3-8(10)7-5-11-12-9(6)7/h4-5,8H,1-3H2. The summed E-state index contributed by atoms with van der Waals surface area (Å²) in [7, 11) is 0. The molecule has 60 valence electrons. The first-order valence-corrected chi connectivity index (χ1v) is 4.56. The third kappa shape index (κ3) is 0.414. The van der Waals surface area contributed by atoms with Gasteiger partial charge >= 0.3 is 0 Å². The number of fused-ring (bicyclic) bond motifs is 6. The molecule has 1 aromatic heterocycles. The van der Waals surface area contributed by atoms with Gasteiger partial charge in [-0.05, 0) is 30.3 Å². The van der Waals surface area contributed by atoms with E-state index in [4.69, 9.17) is 4.52 Å². The van der Waals surface area contributed by atoms with Gasteiger partial charge in [-0.25, -0.2) is 0 Å². The molecule has 0 amide bonds. The van der Waals surface area contributed by atoms with Gasteiger partial charge in [-0.1, -0.05) is 11.2 Å². The van der Waals surface area contributed by atoms with Crippen LogP contribution in [0.15, 0.2) is 16.8 Å². The van der Waals surface area contributed by atoms with Crippen LogP contribution in [0.5, 0.6) is 0 Å². The van der Waals surface area contributed by atoms with Gasteiger partial charge in [0.25, 0.3) is 0 Å². The lowest BCUT2D eigenvalue weighted by Crippen LogP contribution is -2.05. The number of rotatable bonds is 0. The van der Waals surface area contributed by atoms with E-state index in [-0.39, 0.29) is 0 Å². The SMILES string of the molecule is C1=C2CC(c3cnoc32)C12CC2. The number of aromatic nitrogens is 1. The molecule has 0 saturated heterocycles. The van der Waals surface area contributed by atoms with E-state index in [0.717, 1.165) is 11.7 Å². The van der Waals surface area contributed by atoms with Crippen LogP contribution >= 0.6 is 0 Å². The van der Waals surface area contributed by atoms with Crippen LogP contribution in [-0.4, -0.2) is 5.16 Å². The van der Waals surface area contributed by atoms with Crippen molar-refractivity contribution in [3.63, 3.8) is 0 Å². The molecule has 1 aromatic rings. The molecule has 0 radical (unpaired) electrons. The van der Waals surface area contributed by atoms with E-state index in [1.807, 2.05) is 6.20 Å². The molecule has 0 aliphatic heterocycles. The van der Waals surface area contributed by atoms with Crippen molar-refractivity contribution in [3.8, 4) is 0 Å². The zero-order valence-corrected chi connectivity index (χ0v) is 6.71. The maximum Gasteiger partial charge on any atom is 0.166 e. The summed E-state index contributed by atoms with van der Waals surface area (Å²) < 4.78 is 5.21. The van der Waals surface area contributed by atoms with Crippen LogP contribution < -0.4 is 0 Å². The van der Waals surface area contributed by atoms with Crippen LogP contribution in [0.25, 0.3) is 5.57 Å². The topological polar surface area (TPSA) is 26.0 Å². The second-order valence-corrected chi connectivity index (χ2v) is 4.27. The Bertz CT molecular complexity index is 398. The largest absolute Gasteiger partial charge is 0.356 e. The average molecular weight is 159 g/mol. The van der Waals surface area contributed by atoms with Crippen molar-refractivity contribution < 1.29 is 4.52 Å². The van der Waals surface area contributed by atoms with E-state index in [1.54, 1.807) is 0 Å². The molecule has 1 fully saturated rings. The van der Waals surface area contributed by atoms with Gasteiger partial charge < -0.3 is 4.52 Å². The highest BCUT2D eigenvalue weighted by atomic mass is 16.5. The van der Waals surface area contributed by atoms with Crippen molar-refractivity contribution in [2.75, 3.05) is 0 Å². The molecule has 2 heteroatoms. The fraction of sp³-hybridized carbons (Fsp3) is 0.500. The first-order valence-electron chi connectivity index (χ1n) is 4.56. The Morgan fingerprint density at radius 1 is 1.50 bits per heavy atom. The maximum absolute atomic E-state index is 5.21. The average Bonchev–Trinajstić information content (AvgIpc) is 2.48. The molecule has 3 aliphatic rings. The fourth-order valence-electron chi connectivity index (χ4n) is 2.88. The lowest BCUT2D eigenvalue weighted by molar-refractivity contribution is 0.409. The highest BCUT2D eigenvalue weighted by Crippen LogP contribution is 2.68. The molecule has 12 heavy (non-hydrogen) atoms. The molecule has 1 unspecified atom stereocenters. The summed E-state index contributed by atoms with van der Waals surface area (Å²) in [6.45, 7) is 0. The number of allylic oxidation sites excluding steroid dienone is 2. The summed E-state index contributed by atoms with van der Waals surface area (Å²) >= 11 is 0. The Hall–Kier alpha value is -1.05. The van der Waals surface area contributed by atoms with Crippen molar-refractivity contribution in [1.29, 1.82) is 0 Å². The number of hydrogen-bond donors (Lipinski definition) is 0. The van der Waals surface area contributed by atoms with Gasteiger partial charge in [-0.3, -0.25) is 0 Å². The predicted molar refractivity (Wildman–Crippen MR) is 43.5 cm³/mol. The molecule has 1 saturated carbocycles. The molecule has 0 aromatic carbocycles. The van der Waals surface area contributed by atoms with Gasteiger partial charge in [0, 0.05) is 11.5 Å². The Balaban J connectivity index is 2.05. The molecule has 1 atom stereocenters. The molecular formula is C10H9NO. The van der Waals surface area contributed by atoms with Crippen LogP contribution in [0.4, 0.5) is 0 Å². The lowest BCUT2D eigenvalue weighted by atomic mass is 9.88. The van der Waals surface area contributed by atoms with Gasteiger partial charge in [0.2, 0.25) is 0 Å². The smallest absolute Gasteiger partial charge is 0.166 e. The van der Waals surface area contributed by atoms with E-state index in [1.165, 1.54) is 30.4 Å². The Kier molecular flexibility index (Phi) is 0.645. The number of hydrogen-bond acceptors (Lipinski definition) is 2. The van der Waals surface area contributed by atoms with Crippen LogP contribution in [-0.2, 0) is 0 Å². The summed E-state index contributed by atoms with van der Waals surface area (Å²) in [5, 5.41) is 3.86. The highest BCUT2D eigenvalue weighted by molar-refractivity contribution is 5.76. The van der Waals surface area contributed by atoms with E-state index >= 15 is 0 Å². The minimum atomic E-state index is 0.563. The summed E-state index contributed by atoms with van der Waals surface area (Å²) in [6.07, 6.45) is 8.33. The van der Waals surface area contributed by atoms with E-state index < -0.39 is 0 Å². The molecule has 3 aliphatic carbocycles. The van der Waals surface area contributed by atoms with Gasteiger partial charge in [-0.2, -0.15) is 0 Å². The normalized spacial score (nSPS) is 32.3. The Morgan fingerprint density at radius 3 is 3.25 bits per heavy atom. The molecule has 1 heterocycles. The predicted octanol–water partition coefficient (Wildman–Crippen LogP) is 2.34. The zero-order valence-electron chi connectivity index (χ0n) is 6.71. The van der Waals surface area contributed by atoms with Gasteiger partial charge in [0.1, 0.15) is 0 Å². The van der Waals surface area contributed by atoms with E-state index in [2.05, 4.69) is 11.2 Å². The maximum atomic E-state index is 5.21. The second-order valence-electron chi connectivity index (χ2n) is 4.27. The highest BCUT2D eigenvalue weighted by Gasteiger charge is 2.57. The van der Waals surface area contributed by atoms with Crippen molar-refractivity contribution in [2.45, 2.75) is 25.2 Å². The van der Waals surface area contributed by atoms with Crippen LogP contribution in [0, 0.1) is 5.41 Å². The molecule has 2 nitrogen and oxygen atoms in total. The Labute approximate surface area is 70.2 Å². The molecule has 2 bridgehead atoms. The first kappa shape index (κ1) is 5.57. The molecule has 4 rings (SSSR count). The van der Waals surface area contributed by atoms with Crippen LogP contribution in [0.2, 0.25) is 0 Å². The van der Waals surface area contributed by atoms with Crippen LogP contribution in [0.1, 0.15) is 36.5 Å². The summed E-state index contributed by atoms with van der Waals surface area (Å²) in [6, 6.07) is 0.